The van der Waals surface area contributed by atoms with Crippen molar-refractivity contribution >= 4 is 47.1 Å². The lowest BCUT2D eigenvalue weighted by Gasteiger charge is -2.19. The van der Waals surface area contributed by atoms with Gasteiger partial charge in [-0.1, -0.05) is 54.1 Å². The molecule has 5 aromatic rings. The van der Waals surface area contributed by atoms with E-state index in [-0.39, 0.29) is 5.91 Å². The monoisotopic (exact) mass is 626 g/mol. The standard InChI is InChI=1S/C31H27ClN8O3S/c1-44-18-28-25(21-7-11-24(12-8-21)34-31(42)43)17-27(36-37-28)26(15-20-5-3-2-4-6-20)35-30(41)14-9-22-16-23(32)10-13-29(22)40-19-33-38-39-40/h2-14,16-17,19,26,34H,15,18H2,1H3,(H,35,41)(H,42,43). The van der Waals surface area contributed by atoms with Crippen molar-refractivity contribution in [1.29, 1.82) is 0 Å². The van der Waals surface area contributed by atoms with Crippen molar-refractivity contribution in [2.75, 3.05) is 11.6 Å². The van der Waals surface area contributed by atoms with Crippen LogP contribution in [0.15, 0.2) is 91.3 Å². The largest absolute Gasteiger partial charge is 0.465 e. The lowest BCUT2D eigenvalue weighted by Crippen LogP contribution is -2.29. The highest BCUT2D eigenvalue weighted by molar-refractivity contribution is 7.97. The zero-order valence-corrected chi connectivity index (χ0v) is 25.0. The number of aromatic nitrogens is 6. The molecule has 0 radical (unpaired) electrons. The average molecular weight is 627 g/mol. The lowest BCUT2D eigenvalue weighted by molar-refractivity contribution is -0.117. The van der Waals surface area contributed by atoms with Gasteiger partial charge in [-0.2, -0.15) is 26.6 Å². The molecule has 0 spiro atoms. The fourth-order valence-corrected chi connectivity index (χ4v) is 5.22. The molecule has 3 aromatic carbocycles. The first kappa shape index (κ1) is 30.4. The summed E-state index contributed by atoms with van der Waals surface area (Å²) in [6, 6.07) is 23.5. The van der Waals surface area contributed by atoms with Crippen LogP contribution in [0.4, 0.5) is 10.5 Å². The highest BCUT2D eigenvalue weighted by Gasteiger charge is 2.20. The van der Waals surface area contributed by atoms with Crippen molar-refractivity contribution in [2.45, 2.75) is 18.2 Å². The van der Waals surface area contributed by atoms with Gasteiger partial charge in [0.25, 0.3) is 0 Å². The molecular weight excluding hydrogens is 600 g/mol. The topological polar surface area (TPSA) is 148 Å². The van der Waals surface area contributed by atoms with Crippen LogP contribution in [0.1, 0.15) is 28.6 Å². The number of carboxylic acid groups (broad SMARTS) is 1. The summed E-state index contributed by atoms with van der Waals surface area (Å²) in [5.74, 6) is 0.286. The predicted octanol–water partition coefficient (Wildman–Crippen LogP) is 5.84. The van der Waals surface area contributed by atoms with E-state index in [9.17, 15) is 9.59 Å². The Morgan fingerprint density at radius 3 is 2.55 bits per heavy atom. The third-order valence-electron chi connectivity index (χ3n) is 6.57. The normalized spacial score (nSPS) is 11.8. The molecule has 0 fully saturated rings. The molecule has 0 aliphatic heterocycles. The third-order valence-corrected chi connectivity index (χ3v) is 7.37. The number of carbonyl (C=O) groups excluding carboxylic acids is 1. The van der Waals surface area contributed by atoms with Crippen molar-refractivity contribution < 1.29 is 14.7 Å². The molecule has 1 atom stereocenters. The van der Waals surface area contributed by atoms with Gasteiger partial charge in [-0.15, -0.1) is 5.10 Å². The first-order valence-corrected chi connectivity index (χ1v) is 15.2. The van der Waals surface area contributed by atoms with Gasteiger partial charge < -0.3 is 10.4 Å². The summed E-state index contributed by atoms with van der Waals surface area (Å²) in [6.07, 6.45) is 5.87. The van der Waals surface area contributed by atoms with Crippen LogP contribution in [0.3, 0.4) is 0 Å². The van der Waals surface area contributed by atoms with Crippen LogP contribution in [0, 0.1) is 0 Å². The minimum atomic E-state index is -1.13. The smallest absolute Gasteiger partial charge is 0.409 e. The number of halogens is 1. The minimum absolute atomic E-state index is 0.339. The van der Waals surface area contributed by atoms with E-state index < -0.39 is 12.1 Å². The molecule has 2 aromatic heterocycles. The van der Waals surface area contributed by atoms with E-state index in [1.807, 2.05) is 54.8 Å². The van der Waals surface area contributed by atoms with E-state index in [1.165, 1.54) is 17.1 Å². The van der Waals surface area contributed by atoms with E-state index >= 15 is 0 Å². The SMILES string of the molecule is CSCc1nnc(C(Cc2ccccc2)NC(=O)C=Cc2cc(Cl)ccc2-n2cnnn2)cc1-c1ccc(NC(=O)O)cc1. The Balaban J connectivity index is 1.46. The van der Waals surface area contributed by atoms with Gasteiger partial charge in [-0.3, -0.25) is 10.1 Å². The van der Waals surface area contributed by atoms with Crippen molar-refractivity contribution in [2.24, 2.45) is 0 Å². The maximum absolute atomic E-state index is 13.3. The second kappa shape index (κ2) is 14.4. The Kier molecular flexibility index (Phi) is 9.95. The summed E-state index contributed by atoms with van der Waals surface area (Å²) < 4.78 is 1.49. The molecule has 0 saturated carbocycles. The van der Waals surface area contributed by atoms with Crippen molar-refractivity contribution in [3.63, 3.8) is 0 Å². The summed E-state index contributed by atoms with van der Waals surface area (Å²) in [5.41, 5.74) is 5.84. The van der Waals surface area contributed by atoms with Gasteiger partial charge >= 0.3 is 6.09 Å². The number of amides is 2. The van der Waals surface area contributed by atoms with Crippen LogP contribution in [0.2, 0.25) is 5.02 Å². The first-order chi connectivity index (χ1) is 21.4. The van der Waals surface area contributed by atoms with Crippen molar-refractivity contribution in [3.8, 4) is 16.8 Å². The maximum atomic E-state index is 13.3. The quantitative estimate of drug-likeness (QED) is 0.154. The molecule has 11 nitrogen and oxygen atoms in total. The number of tetrazole rings is 1. The van der Waals surface area contributed by atoms with Gasteiger partial charge in [0, 0.05) is 33.7 Å². The zero-order valence-electron chi connectivity index (χ0n) is 23.5. The summed E-state index contributed by atoms with van der Waals surface area (Å²) >= 11 is 7.85. The molecule has 0 saturated heterocycles. The number of anilines is 1. The number of thioether (sulfide) groups is 1. The molecule has 0 bridgehead atoms. The zero-order chi connectivity index (χ0) is 30.9. The number of nitrogens with zero attached hydrogens (tertiary/aromatic N) is 6. The molecule has 5 rings (SSSR count). The molecule has 13 heteroatoms. The highest BCUT2D eigenvalue weighted by atomic mass is 35.5. The summed E-state index contributed by atoms with van der Waals surface area (Å²) in [7, 11) is 0. The van der Waals surface area contributed by atoms with E-state index in [0.29, 0.717) is 39.8 Å². The second-order valence-corrected chi connectivity index (χ2v) is 10.9. The third kappa shape index (κ3) is 7.85. The maximum Gasteiger partial charge on any atom is 0.409 e. The minimum Gasteiger partial charge on any atom is -0.465 e. The highest BCUT2D eigenvalue weighted by Crippen LogP contribution is 2.29. The molecule has 2 amide bonds. The van der Waals surface area contributed by atoms with Gasteiger partial charge in [-0.05, 0) is 76.7 Å². The molecule has 222 valence electrons. The van der Waals surface area contributed by atoms with Gasteiger partial charge in [-0.25, -0.2) is 4.79 Å². The molecule has 44 heavy (non-hydrogen) atoms. The van der Waals surface area contributed by atoms with Crippen molar-refractivity contribution in [3.05, 3.63) is 119 Å². The van der Waals surface area contributed by atoms with Crippen LogP contribution in [-0.2, 0) is 17.0 Å². The molecular formula is C31H27ClN8O3S. The summed E-state index contributed by atoms with van der Waals surface area (Å²) in [5, 5.41) is 35.4. The van der Waals surface area contributed by atoms with E-state index in [0.717, 1.165) is 22.4 Å². The average Bonchev–Trinajstić information content (AvgIpc) is 3.56. The number of hydrogen-bond acceptors (Lipinski definition) is 8. The summed E-state index contributed by atoms with van der Waals surface area (Å²) in [6.45, 7) is 0. The van der Waals surface area contributed by atoms with Gasteiger partial charge in [0.2, 0.25) is 5.91 Å². The van der Waals surface area contributed by atoms with E-state index in [1.54, 1.807) is 48.2 Å². The molecule has 3 N–H and O–H groups in total. The fourth-order valence-electron chi connectivity index (χ4n) is 4.56. The molecule has 0 aliphatic rings. The Hall–Kier alpha value is -5.07. The number of hydrogen-bond donors (Lipinski definition) is 3. The number of rotatable bonds is 11. The van der Waals surface area contributed by atoms with Crippen LogP contribution in [-0.4, -0.2) is 53.8 Å². The molecule has 1 unspecified atom stereocenters. The number of nitrogens with one attached hydrogen (secondary N) is 2. The fraction of sp³-hybridized carbons (Fsp3) is 0.129. The van der Waals surface area contributed by atoms with Gasteiger partial charge in [0.1, 0.15) is 6.33 Å². The lowest BCUT2D eigenvalue weighted by atomic mass is 9.98. The van der Waals surface area contributed by atoms with Crippen LogP contribution in [0.5, 0.6) is 0 Å². The van der Waals surface area contributed by atoms with Crippen molar-refractivity contribution in [1.82, 2.24) is 35.7 Å². The first-order valence-electron chi connectivity index (χ1n) is 13.4. The Morgan fingerprint density at radius 1 is 1.05 bits per heavy atom. The van der Waals surface area contributed by atoms with Crippen LogP contribution in [0.25, 0.3) is 22.9 Å². The van der Waals surface area contributed by atoms with Crippen LogP contribution < -0.4 is 10.6 Å². The van der Waals surface area contributed by atoms with Gasteiger partial charge in [0.05, 0.1) is 23.1 Å². The molecule has 0 aliphatic carbocycles. The van der Waals surface area contributed by atoms with E-state index in [2.05, 4.69) is 36.4 Å². The Labute approximate surface area is 262 Å². The Morgan fingerprint density at radius 2 is 1.84 bits per heavy atom. The second-order valence-electron chi connectivity index (χ2n) is 9.61. The predicted molar refractivity (Wildman–Crippen MR) is 171 cm³/mol. The van der Waals surface area contributed by atoms with Gasteiger partial charge in [0.15, 0.2) is 0 Å². The number of benzene rings is 3. The molecule has 2 heterocycles. The Bertz CT molecular complexity index is 1770. The van der Waals surface area contributed by atoms with Crippen LogP contribution >= 0.6 is 23.4 Å². The van der Waals surface area contributed by atoms with E-state index in [4.69, 9.17) is 16.7 Å². The number of carbonyl (C=O) groups is 2. The summed E-state index contributed by atoms with van der Waals surface area (Å²) in [4.78, 5) is 24.4.